The number of H-pyrrole nitrogens is 1. The Morgan fingerprint density at radius 3 is 2.91 bits per heavy atom. The topological polar surface area (TPSA) is 76.0 Å². The third-order valence-corrected chi connectivity index (χ3v) is 3.66. The van der Waals surface area contributed by atoms with E-state index in [2.05, 4.69) is 16.0 Å². The van der Waals surface area contributed by atoms with Gasteiger partial charge in [-0.25, -0.2) is 9.78 Å². The average molecular weight is 318 g/mol. The van der Waals surface area contributed by atoms with Crippen LogP contribution in [0.4, 0.5) is 10.5 Å². The Labute approximate surface area is 134 Å². The number of carbonyl (C=O) groups is 1. The summed E-state index contributed by atoms with van der Waals surface area (Å²) in [5.74, 6) is 0. The van der Waals surface area contributed by atoms with E-state index >= 15 is 0 Å². The Morgan fingerprint density at radius 2 is 2.23 bits per heavy atom. The van der Waals surface area contributed by atoms with Gasteiger partial charge in [0.25, 0.3) is 0 Å². The number of aromatic amines is 1. The first-order valence-corrected chi connectivity index (χ1v) is 6.74. The molecule has 1 aromatic carbocycles. The molecule has 1 N–H and O–H groups in total. The second kappa shape index (κ2) is 6.50. The molecule has 2 aromatic rings. The van der Waals surface area contributed by atoms with E-state index in [1.807, 2.05) is 13.0 Å². The molecule has 0 spiro atoms. The average Bonchev–Trinajstić information content (AvgIpc) is 3.07. The van der Waals surface area contributed by atoms with Crippen molar-refractivity contribution in [3.8, 4) is 6.07 Å². The number of imidazole rings is 1. The normalized spacial score (nSPS) is 13.9. The number of nitrogens with zero attached hydrogens (tertiary/aromatic N) is 4. The maximum Gasteiger partial charge on any atom is 0.324 e. The summed E-state index contributed by atoms with van der Waals surface area (Å²) in [6.45, 7) is 3.72. The van der Waals surface area contributed by atoms with Gasteiger partial charge in [0.15, 0.2) is 0 Å². The van der Waals surface area contributed by atoms with Gasteiger partial charge in [-0.2, -0.15) is 5.26 Å². The Kier molecular flexibility index (Phi) is 4.68. The van der Waals surface area contributed by atoms with Gasteiger partial charge >= 0.3 is 6.03 Å². The lowest BCUT2D eigenvalue weighted by Gasteiger charge is -2.18. The number of halogens is 1. The second-order valence-corrected chi connectivity index (χ2v) is 4.99. The fourth-order valence-electron chi connectivity index (χ4n) is 2.44. The number of nitriles is 1. The van der Waals surface area contributed by atoms with E-state index in [1.54, 1.807) is 34.3 Å². The Morgan fingerprint density at radius 1 is 1.41 bits per heavy atom. The first kappa shape index (κ1) is 15.9. The molecule has 1 aromatic heterocycles. The molecule has 2 heterocycles. The molecular formula is C15H16ClN5O. The molecule has 114 valence electrons. The molecule has 2 amide bonds. The number of anilines is 1. The molecule has 7 heteroatoms. The highest BCUT2D eigenvalue weighted by Gasteiger charge is 2.30. The zero-order chi connectivity index (χ0) is 14.8. The minimum atomic E-state index is -0.0486. The van der Waals surface area contributed by atoms with Crippen molar-refractivity contribution >= 4 is 24.1 Å². The van der Waals surface area contributed by atoms with Gasteiger partial charge in [-0.3, -0.25) is 4.90 Å². The molecule has 1 saturated heterocycles. The van der Waals surface area contributed by atoms with Gasteiger partial charge < -0.3 is 9.88 Å². The zero-order valence-electron chi connectivity index (χ0n) is 12.1. The first-order valence-electron chi connectivity index (χ1n) is 6.74. The van der Waals surface area contributed by atoms with Crippen LogP contribution in [-0.4, -0.2) is 34.0 Å². The van der Waals surface area contributed by atoms with Crippen LogP contribution in [0.5, 0.6) is 0 Å². The number of urea groups is 1. The summed E-state index contributed by atoms with van der Waals surface area (Å²) in [5, 5.41) is 8.95. The van der Waals surface area contributed by atoms with E-state index in [1.165, 1.54) is 0 Å². The Bertz CT molecular complexity index is 721. The maximum absolute atomic E-state index is 12.5. The standard InChI is InChI=1S/C15H15N5O.ClH/c1-11-14(18-10-17-11)9-19-5-6-20(15(19)21)13-4-2-3-12(7-13)8-16;/h2-4,7,10H,5-6,9H2,1H3,(H,17,18);1H. The van der Waals surface area contributed by atoms with Crippen molar-refractivity contribution < 1.29 is 4.79 Å². The summed E-state index contributed by atoms with van der Waals surface area (Å²) in [6.07, 6.45) is 1.64. The van der Waals surface area contributed by atoms with Crippen LogP contribution in [0.3, 0.4) is 0 Å². The number of carbonyl (C=O) groups excluding carboxylic acids is 1. The molecular weight excluding hydrogens is 302 g/mol. The fourth-order valence-corrected chi connectivity index (χ4v) is 2.44. The van der Waals surface area contributed by atoms with Gasteiger partial charge in [0.1, 0.15) is 0 Å². The fraction of sp³-hybridized carbons (Fsp3) is 0.267. The maximum atomic E-state index is 12.5. The van der Waals surface area contributed by atoms with Crippen LogP contribution in [-0.2, 0) is 6.54 Å². The van der Waals surface area contributed by atoms with E-state index in [0.717, 1.165) is 17.1 Å². The van der Waals surface area contributed by atoms with E-state index < -0.39 is 0 Å². The number of hydrogen-bond acceptors (Lipinski definition) is 3. The van der Waals surface area contributed by atoms with E-state index in [4.69, 9.17) is 5.26 Å². The van der Waals surface area contributed by atoms with Crippen molar-refractivity contribution in [1.82, 2.24) is 14.9 Å². The smallest absolute Gasteiger partial charge is 0.324 e. The van der Waals surface area contributed by atoms with E-state index in [9.17, 15) is 4.79 Å². The molecule has 0 aliphatic carbocycles. The molecule has 0 saturated carbocycles. The largest absolute Gasteiger partial charge is 0.348 e. The lowest BCUT2D eigenvalue weighted by atomic mass is 10.2. The van der Waals surface area contributed by atoms with E-state index in [0.29, 0.717) is 25.2 Å². The van der Waals surface area contributed by atoms with Crippen LogP contribution >= 0.6 is 12.4 Å². The van der Waals surface area contributed by atoms with Crippen LogP contribution in [0.2, 0.25) is 0 Å². The summed E-state index contributed by atoms with van der Waals surface area (Å²) in [4.78, 5) is 23.2. The van der Waals surface area contributed by atoms with Crippen molar-refractivity contribution in [3.05, 3.63) is 47.5 Å². The summed E-state index contributed by atoms with van der Waals surface area (Å²) in [7, 11) is 0. The molecule has 1 aliphatic rings. The van der Waals surface area contributed by atoms with Gasteiger partial charge in [-0.1, -0.05) is 6.07 Å². The van der Waals surface area contributed by atoms with E-state index in [-0.39, 0.29) is 18.4 Å². The van der Waals surface area contributed by atoms with Crippen molar-refractivity contribution in [2.45, 2.75) is 13.5 Å². The van der Waals surface area contributed by atoms with Crippen molar-refractivity contribution in [2.75, 3.05) is 18.0 Å². The number of aromatic nitrogens is 2. The van der Waals surface area contributed by atoms with Crippen LogP contribution < -0.4 is 4.90 Å². The van der Waals surface area contributed by atoms with Crippen molar-refractivity contribution in [1.29, 1.82) is 5.26 Å². The van der Waals surface area contributed by atoms with Gasteiger partial charge in [-0.05, 0) is 25.1 Å². The number of amides is 2. The lowest BCUT2D eigenvalue weighted by Crippen LogP contribution is -2.31. The quantitative estimate of drug-likeness (QED) is 0.944. The third-order valence-electron chi connectivity index (χ3n) is 3.66. The lowest BCUT2D eigenvalue weighted by molar-refractivity contribution is 0.218. The minimum Gasteiger partial charge on any atom is -0.348 e. The summed E-state index contributed by atoms with van der Waals surface area (Å²) in [5.41, 5.74) is 3.19. The van der Waals surface area contributed by atoms with Crippen molar-refractivity contribution in [2.24, 2.45) is 0 Å². The predicted molar refractivity (Wildman–Crippen MR) is 84.9 cm³/mol. The minimum absolute atomic E-state index is 0. The summed E-state index contributed by atoms with van der Waals surface area (Å²) < 4.78 is 0. The molecule has 1 aliphatic heterocycles. The SMILES string of the molecule is Cc1[nH]cnc1CN1CCN(c2cccc(C#N)c2)C1=O.Cl. The van der Waals surface area contributed by atoms with Crippen LogP contribution in [0.1, 0.15) is 17.0 Å². The van der Waals surface area contributed by atoms with Crippen LogP contribution in [0, 0.1) is 18.3 Å². The van der Waals surface area contributed by atoms with Crippen LogP contribution in [0.15, 0.2) is 30.6 Å². The molecule has 6 nitrogen and oxygen atoms in total. The van der Waals surface area contributed by atoms with Gasteiger partial charge in [0.2, 0.25) is 0 Å². The number of rotatable bonds is 3. The number of benzene rings is 1. The number of aryl methyl sites for hydroxylation is 1. The molecule has 0 atom stereocenters. The predicted octanol–water partition coefficient (Wildman–Crippen LogP) is 2.45. The zero-order valence-corrected chi connectivity index (χ0v) is 12.9. The highest BCUT2D eigenvalue weighted by molar-refractivity contribution is 5.94. The Hall–Kier alpha value is -2.52. The molecule has 1 fully saturated rings. The number of nitrogens with one attached hydrogen (secondary N) is 1. The van der Waals surface area contributed by atoms with Gasteiger partial charge in [0, 0.05) is 24.5 Å². The van der Waals surface area contributed by atoms with Gasteiger partial charge in [0.05, 0.1) is 30.2 Å². The molecule has 3 rings (SSSR count). The van der Waals surface area contributed by atoms with Crippen molar-refractivity contribution in [3.63, 3.8) is 0 Å². The highest BCUT2D eigenvalue weighted by Crippen LogP contribution is 2.22. The Balaban J connectivity index is 0.00000176. The summed E-state index contributed by atoms with van der Waals surface area (Å²) in [6, 6.07) is 9.16. The van der Waals surface area contributed by atoms with Gasteiger partial charge in [-0.15, -0.1) is 12.4 Å². The monoisotopic (exact) mass is 317 g/mol. The van der Waals surface area contributed by atoms with Crippen LogP contribution in [0.25, 0.3) is 0 Å². The molecule has 0 radical (unpaired) electrons. The summed E-state index contributed by atoms with van der Waals surface area (Å²) >= 11 is 0. The third kappa shape index (κ3) is 2.90. The molecule has 0 unspecified atom stereocenters. The first-order chi connectivity index (χ1) is 10.2. The molecule has 0 bridgehead atoms. The number of hydrogen-bond donors (Lipinski definition) is 1. The highest BCUT2D eigenvalue weighted by atomic mass is 35.5. The molecule has 22 heavy (non-hydrogen) atoms. The second-order valence-electron chi connectivity index (χ2n) is 4.99.